The van der Waals surface area contributed by atoms with Gasteiger partial charge in [-0.1, -0.05) is 47.1 Å². The first kappa shape index (κ1) is 19.9. The van der Waals surface area contributed by atoms with Gasteiger partial charge in [0.25, 0.3) is 0 Å². The van der Waals surface area contributed by atoms with Crippen LogP contribution in [-0.4, -0.2) is 16.1 Å². The van der Waals surface area contributed by atoms with Crippen molar-refractivity contribution in [2.75, 3.05) is 5.32 Å². The highest BCUT2D eigenvalue weighted by Crippen LogP contribution is 2.42. The second-order valence-electron chi connectivity index (χ2n) is 6.95. The molecule has 4 rings (SSSR count). The Kier molecular flexibility index (Phi) is 5.83. The van der Waals surface area contributed by atoms with Gasteiger partial charge in [0.2, 0.25) is 0 Å². The van der Waals surface area contributed by atoms with Crippen LogP contribution in [0.15, 0.2) is 59.3 Å². The van der Waals surface area contributed by atoms with Gasteiger partial charge in [0.05, 0.1) is 17.2 Å². The van der Waals surface area contributed by atoms with E-state index in [9.17, 15) is 0 Å². The molecule has 29 heavy (non-hydrogen) atoms. The van der Waals surface area contributed by atoms with E-state index in [1.165, 1.54) is 16.0 Å². The van der Waals surface area contributed by atoms with Crippen molar-refractivity contribution in [3.63, 3.8) is 0 Å². The predicted molar refractivity (Wildman–Crippen MR) is 125 cm³/mol. The highest BCUT2D eigenvalue weighted by atomic mass is 79.9. The monoisotopic (exact) mass is 467 g/mol. The number of nitrogens with zero attached hydrogens (tertiary/aromatic N) is 2. The first-order valence-corrected chi connectivity index (χ1v) is 11.2. The number of hydrogen-bond acceptors (Lipinski definition) is 5. The van der Waals surface area contributed by atoms with Crippen molar-refractivity contribution in [3.05, 3.63) is 64.2 Å². The number of ether oxygens (including phenoxy) is 1. The van der Waals surface area contributed by atoms with Crippen molar-refractivity contribution in [3.8, 4) is 16.9 Å². The Balaban J connectivity index is 1.86. The molecule has 2 heterocycles. The van der Waals surface area contributed by atoms with Crippen LogP contribution in [0.1, 0.15) is 25.6 Å². The molecule has 0 radical (unpaired) electrons. The lowest BCUT2D eigenvalue weighted by Crippen LogP contribution is -2.07. The molecule has 0 aliphatic heterocycles. The van der Waals surface area contributed by atoms with Gasteiger partial charge < -0.3 is 10.1 Å². The summed E-state index contributed by atoms with van der Waals surface area (Å²) in [5.74, 6) is 1.61. The van der Waals surface area contributed by atoms with E-state index in [2.05, 4.69) is 62.4 Å². The van der Waals surface area contributed by atoms with E-state index in [1.54, 1.807) is 17.7 Å². The molecule has 0 spiro atoms. The number of benzene rings is 2. The molecule has 2 aromatic heterocycles. The Morgan fingerprint density at radius 1 is 1.07 bits per heavy atom. The first-order chi connectivity index (χ1) is 14.1. The van der Waals surface area contributed by atoms with E-state index in [1.807, 2.05) is 38.1 Å². The van der Waals surface area contributed by atoms with Crippen LogP contribution >= 0.6 is 27.3 Å². The SMILES string of the molecule is CCc1sc2ncnc(Nc3ccccc3OC(C)C)c2c1-c1ccc(Br)cc1. The molecule has 2 aromatic carbocycles. The molecule has 4 nitrogen and oxygen atoms in total. The Labute approximate surface area is 183 Å². The number of nitrogens with one attached hydrogen (secondary N) is 1. The normalized spacial score (nSPS) is 11.2. The van der Waals surface area contributed by atoms with E-state index >= 15 is 0 Å². The summed E-state index contributed by atoms with van der Waals surface area (Å²) >= 11 is 5.26. The summed E-state index contributed by atoms with van der Waals surface area (Å²) in [7, 11) is 0. The van der Waals surface area contributed by atoms with Gasteiger partial charge >= 0.3 is 0 Å². The molecular weight excluding hydrogens is 446 g/mol. The summed E-state index contributed by atoms with van der Waals surface area (Å²) in [5.41, 5.74) is 3.26. The summed E-state index contributed by atoms with van der Waals surface area (Å²) in [4.78, 5) is 11.4. The average molecular weight is 468 g/mol. The number of aromatic nitrogens is 2. The molecule has 0 saturated carbocycles. The number of para-hydroxylation sites is 2. The third kappa shape index (κ3) is 4.14. The fourth-order valence-corrected chi connectivity index (χ4v) is 4.66. The van der Waals surface area contributed by atoms with E-state index in [-0.39, 0.29) is 6.10 Å². The Hall–Kier alpha value is -2.44. The van der Waals surface area contributed by atoms with Gasteiger partial charge in [-0.2, -0.15) is 0 Å². The quantitative estimate of drug-likeness (QED) is 0.325. The molecule has 4 aromatic rings. The molecule has 6 heteroatoms. The maximum Gasteiger partial charge on any atom is 0.143 e. The summed E-state index contributed by atoms with van der Waals surface area (Å²) < 4.78 is 7.04. The van der Waals surface area contributed by atoms with Crippen molar-refractivity contribution >= 4 is 49.0 Å². The van der Waals surface area contributed by atoms with Gasteiger partial charge in [-0.15, -0.1) is 11.3 Å². The molecule has 0 aliphatic carbocycles. The minimum absolute atomic E-state index is 0.0922. The van der Waals surface area contributed by atoms with Gasteiger partial charge in [0, 0.05) is 14.9 Å². The molecule has 0 aliphatic rings. The zero-order chi connectivity index (χ0) is 20.4. The van der Waals surface area contributed by atoms with Crippen molar-refractivity contribution < 1.29 is 4.74 Å². The largest absolute Gasteiger partial charge is 0.489 e. The molecule has 0 unspecified atom stereocenters. The lowest BCUT2D eigenvalue weighted by atomic mass is 10.0. The fraction of sp³-hybridized carbons (Fsp3) is 0.217. The zero-order valence-electron chi connectivity index (χ0n) is 16.6. The van der Waals surface area contributed by atoms with Gasteiger partial charge in [0.1, 0.15) is 22.7 Å². The molecule has 0 saturated heterocycles. The maximum atomic E-state index is 5.98. The number of halogens is 1. The van der Waals surface area contributed by atoms with Crippen LogP contribution in [0.4, 0.5) is 11.5 Å². The van der Waals surface area contributed by atoms with Crippen LogP contribution in [0, 0.1) is 0 Å². The molecule has 148 valence electrons. The lowest BCUT2D eigenvalue weighted by Gasteiger charge is -2.16. The van der Waals surface area contributed by atoms with Crippen molar-refractivity contribution in [1.29, 1.82) is 0 Å². The fourth-order valence-electron chi connectivity index (χ4n) is 3.30. The number of thiophene rings is 1. The van der Waals surface area contributed by atoms with E-state index in [0.717, 1.165) is 38.4 Å². The highest BCUT2D eigenvalue weighted by molar-refractivity contribution is 9.10. The maximum absolute atomic E-state index is 5.98. The molecule has 1 N–H and O–H groups in total. The van der Waals surface area contributed by atoms with Crippen LogP contribution in [0.25, 0.3) is 21.3 Å². The van der Waals surface area contributed by atoms with E-state index < -0.39 is 0 Å². The zero-order valence-corrected chi connectivity index (χ0v) is 19.0. The third-order valence-electron chi connectivity index (χ3n) is 4.52. The Bertz CT molecular complexity index is 1140. The van der Waals surface area contributed by atoms with Crippen molar-refractivity contribution in [2.24, 2.45) is 0 Å². The second-order valence-corrected chi connectivity index (χ2v) is 8.95. The second kappa shape index (κ2) is 8.51. The molecule has 0 bridgehead atoms. The summed E-state index contributed by atoms with van der Waals surface area (Å²) in [5, 5.41) is 4.55. The number of rotatable bonds is 6. The number of anilines is 2. The standard InChI is InChI=1S/C23H22BrN3OS/c1-4-19-20(15-9-11-16(24)12-10-15)21-22(25-13-26-23(21)29-19)27-17-7-5-6-8-18(17)28-14(2)3/h5-14H,4H2,1-3H3,(H,25,26,27). The summed E-state index contributed by atoms with van der Waals surface area (Å²) in [6.45, 7) is 6.23. The first-order valence-electron chi connectivity index (χ1n) is 9.61. The Morgan fingerprint density at radius 3 is 2.55 bits per heavy atom. The average Bonchev–Trinajstić information content (AvgIpc) is 3.09. The Morgan fingerprint density at radius 2 is 1.83 bits per heavy atom. The summed E-state index contributed by atoms with van der Waals surface area (Å²) in [6.07, 6.45) is 2.66. The summed E-state index contributed by atoms with van der Waals surface area (Å²) in [6, 6.07) is 16.4. The molecule has 0 amide bonds. The molecule has 0 atom stereocenters. The van der Waals surface area contributed by atoms with Crippen molar-refractivity contribution in [2.45, 2.75) is 33.3 Å². The number of hydrogen-bond donors (Lipinski definition) is 1. The van der Waals surface area contributed by atoms with Gasteiger partial charge in [-0.05, 0) is 50.1 Å². The van der Waals surface area contributed by atoms with Crippen LogP contribution in [0.5, 0.6) is 5.75 Å². The van der Waals surface area contributed by atoms with Crippen molar-refractivity contribution in [1.82, 2.24) is 9.97 Å². The molecular formula is C23H22BrN3OS. The smallest absolute Gasteiger partial charge is 0.143 e. The minimum Gasteiger partial charge on any atom is -0.489 e. The highest BCUT2D eigenvalue weighted by Gasteiger charge is 2.19. The van der Waals surface area contributed by atoms with Crippen LogP contribution in [0.3, 0.4) is 0 Å². The number of aryl methyl sites for hydroxylation is 1. The van der Waals surface area contributed by atoms with Crippen LogP contribution in [-0.2, 0) is 6.42 Å². The van der Waals surface area contributed by atoms with Crippen LogP contribution < -0.4 is 10.1 Å². The number of fused-ring (bicyclic) bond motifs is 1. The van der Waals surface area contributed by atoms with Crippen LogP contribution in [0.2, 0.25) is 0 Å². The lowest BCUT2D eigenvalue weighted by molar-refractivity contribution is 0.244. The van der Waals surface area contributed by atoms with Gasteiger partial charge in [0.15, 0.2) is 0 Å². The van der Waals surface area contributed by atoms with Gasteiger partial charge in [-0.25, -0.2) is 9.97 Å². The molecule has 0 fully saturated rings. The van der Waals surface area contributed by atoms with E-state index in [4.69, 9.17) is 4.74 Å². The van der Waals surface area contributed by atoms with E-state index in [0.29, 0.717) is 0 Å². The topological polar surface area (TPSA) is 47.0 Å². The van der Waals surface area contributed by atoms with Gasteiger partial charge in [-0.3, -0.25) is 0 Å². The third-order valence-corrected chi connectivity index (χ3v) is 6.29. The minimum atomic E-state index is 0.0922. The predicted octanol–water partition coefficient (Wildman–Crippen LogP) is 7.21.